The second kappa shape index (κ2) is 5.26. The Bertz CT molecular complexity index is 334. The molecule has 0 aromatic carbocycles. The van der Waals surface area contributed by atoms with Crippen LogP contribution in [-0.4, -0.2) is 41.0 Å². The van der Waals surface area contributed by atoms with Crippen LogP contribution in [-0.2, 0) is 9.59 Å². The van der Waals surface area contributed by atoms with Crippen molar-refractivity contribution in [1.82, 2.24) is 4.90 Å². The van der Waals surface area contributed by atoms with Crippen LogP contribution in [0.5, 0.6) is 0 Å². The van der Waals surface area contributed by atoms with Crippen molar-refractivity contribution in [3.8, 4) is 0 Å². The van der Waals surface area contributed by atoms with E-state index in [0.29, 0.717) is 25.9 Å². The fraction of sp³-hybridized carbons (Fsp3) is 0.846. The minimum atomic E-state index is -0.876. The fourth-order valence-electron chi connectivity index (χ4n) is 3.04. The Hall–Kier alpha value is -1.10. The molecule has 1 aliphatic heterocycles. The topological polar surface area (TPSA) is 83.6 Å². The minimum Gasteiger partial charge on any atom is -0.480 e. The summed E-state index contributed by atoms with van der Waals surface area (Å²) in [6, 6.07) is -0.624. The molecule has 3 N–H and O–H groups in total. The largest absolute Gasteiger partial charge is 0.480 e. The average Bonchev–Trinajstić information content (AvgIpc) is 2.33. The Kier molecular flexibility index (Phi) is 3.90. The van der Waals surface area contributed by atoms with Gasteiger partial charge in [-0.15, -0.1) is 0 Å². The number of carbonyl (C=O) groups is 2. The maximum Gasteiger partial charge on any atom is 0.326 e. The monoisotopic (exact) mass is 254 g/mol. The first kappa shape index (κ1) is 13.3. The predicted molar refractivity (Wildman–Crippen MR) is 66.9 cm³/mol. The van der Waals surface area contributed by atoms with Crippen molar-refractivity contribution in [2.24, 2.45) is 11.1 Å². The summed E-state index contributed by atoms with van der Waals surface area (Å²) in [5.41, 5.74) is 5.71. The molecular formula is C13H22N2O3. The van der Waals surface area contributed by atoms with Crippen molar-refractivity contribution in [2.45, 2.75) is 51.0 Å². The van der Waals surface area contributed by atoms with E-state index in [-0.39, 0.29) is 11.3 Å². The van der Waals surface area contributed by atoms with Crippen LogP contribution < -0.4 is 5.73 Å². The summed E-state index contributed by atoms with van der Waals surface area (Å²) in [4.78, 5) is 25.0. The second-order valence-electron chi connectivity index (χ2n) is 5.67. The van der Waals surface area contributed by atoms with Gasteiger partial charge in [0.2, 0.25) is 5.91 Å². The summed E-state index contributed by atoms with van der Waals surface area (Å²) in [5.74, 6) is -0.897. The molecule has 2 fully saturated rings. The third-order valence-electron chi connectivity index (χ3n) is 4.48. The molecule has 0 bridgehead atoms. The molecule has 1 atom stereocenters. The average molecular weight is 254 g/mol. The number of nitrogens with two attached hydrogens (primary N) is 1. The highest BCUT2D eigenvalue weighted by Crippen LogP contribution is 2.43. The molecule has 0 radical (unpaired) electrons. The van der Waals surface area contributed by atoms with E-state index in [1.165, 1.54) is 0 Å². The minimum absolute atomic E-state index is 0.0211. The number of aliphatic carboxylic acids is 1. The number of hydrogen-bond acceptors (Lipinski definition) is 3. The van der Waals surface area contributed by atoms with Gasteiger partial charge in [-0.25, -0.2) is 4.79 Å². The summed E-state index contributed by atoms with van der Waals surface area (Å²) in [6.07, 6.45) is 5.94. The Morgan fingerprint density at radius 1 is 1.28 bits per heavy atom. The van der Waals surface area contributed by atoms with Crippen LogP contribution in [0.4, 0.5) is 0 Å². The first-order chi connectivity index (χ1) is 8.58. The standard InChI is InChI=1S/C13H22N2O3/c14-9-13(5-3-6-13)8-11(16)15-7-2-1-4-10(15)12(17)18/h10H,1-9,14H2,(H,17,18). The number of piperidine rings is 1. The number of rotatable bonds is 4. The van der Waals surface area contributed by atoms with Gasteiger partial charge in [-0.3, -0.25) is 4.79 Å². The number of amides is 1. The van der Waals surface area contributed by atoms with Gasteiger partial charge in [0, 0.05) is 13.0 Å². The normalized spacial score (nSPS) is 26.5. The van der Waals surface area contributed by atoms with E-state index >= 15 is 0 Å². The SMILES string of the molecule is NCC1(CC(=O)N2CCCCC2C(=O)O)CCC1. The van der Waals surface area contributed by atoms with Crippen molar-refractivity contribution < 1.29 is 14.7 Å². The molecule has 5 nitrogen and oxygen atoms in total. The molecule has 18 heavy (non-hydrogen) atoms. The Morgan fingerprint density at radius 2 is 2.00 bits per heavy atom. The van der Waals surface area contributed by atoms with E-state index < -0.39 is 12.0 Å². The molecule has 5 heteroatoms. The molecule has 2 aliphatic rings. The number of hydrogen-bond donors (Lipinski definition) is 2. The number of carbonyl (C=O) groups excluding carboxylic acids is 1. The van der Waals surface area contributed by atoms with Crippen LogP contribution >= 0.6 is 0 Å². The van der Waals surface area contributed by atoms with E-state index in [2.05, 4.69) is 0 Å². The summed E-state index contributed by atoms with van der Waals surface area (Å²) in [6.45, 7) is 1.11. The lowest BCUT2D eigenvalue weighted by atomic mass is 9.66. The smallest absolute Gasteiger partial charge is 0.326 e. The van der Waals surface area contributed by atoms with Crippen molar-refractivity contribution in [2.75, 3.05) is 13.1 Å². The van der Waals surface area contributed by atoms with Gasteiger partial charge in [0.1, 0.15) is 6.04 Å². The lowest BCUT2D eigenvalue weighted by molar-refractivity contribution is -0.153. The Labute approximate surface area is 107 Å². The quantitative estimate of drug-likeness (QED) is 0.783. The van der Waals surface area contributed by atoms with Crippen molar-refractivity contribution in [3.63, 3.8) is 0 Å². The van der Waals surface area contributed by atoms with Gasteiger partial charge in [0.25, 0.3) is 0 Å². The molecule has 1 saturated heterocycles. The van der Waals surface area contributed by atoms with E-state index in [9.17, 15) is 9.59 Å². The van der Waals surface area contributed by atoms with Crippen molar-refractivity contribution >= 4 is 11.9 Å². The molecule has 1 amide bonds. The van der Waals surface area contributed by atoms with E-state index in [1.54, 1.807) is 4.90 Å². The van der Waals surface area contributed by atoms with Gasteiger partial charge in [-0.1, -0.05) is 6.42 Å². The van der Waals surface area contributed by atoms with Crippen molar-refractivity contribution in [1.29, 1.82) is 0 Å². The first-order valence-corrected chi connectivity index (χ1v) is 6.80. The van der Waals surface area contributed by atoms with Gasteiger partial charge in [-0.2, -0.15) is 0 Å². The molecule has 1 aliphatic carbocycles. The Balaban J connectivity index is 2.00. The molecule has 2 rings (SSSR count). The zero-order chi connectivity index (χ0) is 13.2. The van der Waals surface area contributed by atoms with E-state index in [4.69, 9.17) is 10.8 Å². The van der Waals surface area contributed by atoms with Crippen molar-refractivity contribution in [3.05, 3.63) is 0 Å². The maximum absolute atomic E-state index is 12.3. The second-order valence-corrected chi connectivity index (χ2v) is 5.67. The number of likely N-dealkylation sites (tertiary alicyclic amines) is 1. The van der Waals surface area contributed by atoms with Crippen LogP contribution in [0.2, 0.25) is 0 Å². The lowest BCUT2D eigenvalue weighted by Gasteiger charge is -2.43. The zero-order valence-corrected chi connectivity index (χ0v) is 10.7. The van der Waals surface area contributed by atoms with Gasteiger partial charge in [0.15, 0.2) is 0 Å². The first-order valence-electron chi connectivity index (χ1n) is 6.80. The lowest BCUT2D eigenvalue weighted by Crippen LogP contribution is -2.51. The van der Waals surface area contributed by atoms with Crippen LogP contribution in [0, 0.1) is 5.41 Å². The predicted octanol–water partition coefficient (Wildman–Crippen LogP) is 0.971. The molecule has 1 saturated carbocycles. The summed E-state index contributed by atoms with van der Waals surface area (Å²) < 4.78 is 0. The number of carboxylic acid groups (broad SMARTS) is 1. The number of carboxylic acids is 1. The van der Waals surface area contributed by atoms with Crippen LogP contribution in [0.3, 0.4) is 0 Å². The van der Waals surface area contributed by atoms with E-state index in [0.717, 1.165) is 32.1 Å². The molecule has 1 unspecified atom stereocenters. The maximum atomic E-state index is 12.3. The highest BCUT2D eigenvalue weighted by molar-refractivity contribution is 5.84. The Morgan fingerprint density at radius 3 is 2.50 bits per heavy atom. The molecule has 1 heterocycles. The van der Waals surface area contributed by atoms with Crippen LogP contribution in [0.25, 0.3) is 0 Å². The summed E-state index contributed by atoms with van der Waals surface area (Å²) in [7, 11) is 0. The fourth-order valence-corrected chi connectivity index (χ4v) is 3.04. The highest BCUT2D eigenvalue weighted by atomic mass is 16.4. The van der Waals surface area contributed by atoms with Gasteiger partial charge < -0.3 is 15.7 Å². The summed E-state index contributed by atoms with van der Waals surface area (Å²) in [5, 5.41) is 9.17. The highest BCUT2D eigenvalue weighted by Gasteiger charge is 2.41. The molecule has 0 aromatic heterocycles. The molecule has 0 spiro atoms. The van der Waals surface area contributed by atoms with Gasteiger partial charge in [-0.05, 0) is 44.1 Å². The van der Waals surface area contributed by atoms with E-state index in [1.807, 2.05) is 0 Å². The number of nitrogens with zero attached hydrogens (tertiary/aromatic N) is 1. The van der Waals surface area contributed by atoms with Gasteiger partial charge >= 0.3 is 5.97 Å². The third-order valence-corrected chi connectivity index (χ3v) is 4.48. The zero-order valence-electron chi connectivity index (χ0n) is 10.7. The third kappa shape index (κ3) is 2.51. The molecular weight excluding hydrogens is 232 g/mol. The molecule has 102 valence electrons. The van der Waals surface area contributed by atoms with Gasteiger partial charge in [0.05, 0.1) is 0 Å². The van der Waals surface area contributed by atoms with Crippen LogP contribution in [0.15, 0.2) is 0 Å². The van der Waals surface area contributed by atoms with Crippen LogP contribution in [0.1, 0.15) is 44.9 Å². The summed E-state index contributed by atoms with van der Waals surface area (Å²) >= 11 is 0. The molecule has 0 aromatic rings.